The average Bonchev–Trinajstić information content (AvgIpc) is 3.03. The van der Waals surface area contributed by atoms with E-state index in [1.54, 1.807) is 11.3 Å². The van der Waals surface area contributed by atoms with Crippen LogP contribution in [0.1, 0.15) is 5.69 Å². The summed E-state index contributed by atoms with van der Waals surface area (Å²) in [6.45, 7) is 1.86. The van der Waals surface area contributed by atoms with Crippen LogP contribution in [0.5, 0.6) is 0 Å². The third-order valence-electron chi connectivity index (χ3n) is 3.25. The zero-order valence-corrected chi connectivity index (χ0v) is 14.1. The van der Waals surface area contributed by atoms with Crippen LogP contribution < -0.4 is 16.2 Å². The van der Waals surface area contributed by atoms with E-state index in [9.17, 15) is 4.79 Å². The molecule has 23 heavy (non-hydrogen) atoms. The Kier molecular flexibility index (Phi) is 4.55. The molecular formula is C17H15N3OS2. The molecule has 116 valence electrons. The fraction of sp³-hybridized carbons (Fsp3) is 0.0588. The summed E-state index contributed by atoms with van der Waals surface area (Å²) < 4.78 is 0. The van der Waals surface area contributed by atoms with Crippen molar-refractivity contribution in [3.05, 3.63) is 70.0 Å². The maximum Gasteiger partial charge on any atom is 0.272 e. The van der Waals surface area contributed by atoms with E-state index in [1.807, 2.05) is 60.8 Å². The highest BCUT2D eigenvalue weighted by Crippen LogP contribution is 2.25. The van der Waals surface area contributed by atoms with Crippen molar-refractivity contribution < 1.29 is 0 Å². The van der Waals surface area contributed by atoms with Gasteiger partial charge in [0.1, 0.15) is 5.69 Å². The molecule has 2 heterocycles. The topological polar surface area (TPSA) is 56.9 Å². The van der Waals surface area contributed by atoms with Gasteiger partial charge in [-0.25, -0.2) is 0 Å². The Morgan fingerprint density at radius 1 is 1.13 bits per heavy atom. The lowest BCUT2D eigenvalue weighted by Gasteiger charge is -2.13. The molecule has 0 saturated carbocycles. The second-order valence-corrected chi connectivity index (χ2v) is 6.35. The van der Waals surface area contributed by atoms with Crippen molar-refractivity contribution in [3.8, 4) is 11.1 Å². The standard InChI is InChI=1S/C17H15N3OS2/c1-11-10-13(12-6-3-2-4-7-12)15(16(21)18-11)20-17(22)19-14-8-5-9-23-14/h2-10H,1H3,(H,18,21)(H2,19,20,22). The summed E-state index contributed by atoms with van der Waals surface area (Å²) in [5.41, 5.74) is 2.83. The summed E-state index contributed by atoms with van der Waals surface area (Å²) in [5, 5.41) is 9.37. The van der Waals surface area contributed by atoms with Crippen molar-refractivity contribution in [3.63, 3.8) is 0 Å². The van der Waals surface area contributed by atoms with Crippen LogP contribution in [0.15, 0.2) is 58.7 Å². The number of H-pyrrole nitrogens is 1. The van der Waals surface area contributed by atoms with Gasteiger partial charge >= 0.3 is 0 Å². The second-order valence-electron chi connectivity index (χ2n) is 4.99. The number of aryl methyl sites for hydroxylation is 1. The number of pyridine rings is 1. The molecule has 0 aliphatic heterocycles. The second kappa shape index (κ2) is 6.76. The Morgan fingerprint density at radius 2 is 1.91 bits per heavy atom. The van der Waals surface area contributed by atoms with E-state index in [1.165, 1.54) is 0 Å². The number of rotatable bonds is 3. The predicted molar refractivity (Wildman–Crippen MR) is 101 cm³/mol. The van der Waals surface area contributed by atoms with Gasteiger partial charge in [0.05, 0.1) is 5.00 Å². The fourth-order valence-electron chi connectivity index (χ4n) is 2.26. The highest BCUT2D eigenvalue weighted by Gasteiger charge is 2.12. The number of thiocarbonyl (C=S) groups is 1. The molecule has 0 aliphatic carbocycles. The minimum atomic E-state index is -0.195. The van der Waals surface area contributed by atoms with Gasteiger partial charge in [0.15, 0.2) is 5.11 Å². The summed E-state index contributed by atoms with van der Waals surface area (Å²) in [7, 11) is 0. The Bertz CT molecular complexity index is 871. The lowest BCUT2D eigenvalue weighted by molar-refractivity contribution is 1.15. The minimum absolute atomic E-state index is 0.195. The van der Waals surface area contributed by atoms with Crippen molar-refractivity contribution in [1.29, 1.82) is 0 Å². The molecule has 6 heteroatoms. The Morgan fingerprint density at radius 3 is 2.61 bits per heavy atom. The van der Waals surface area contributed by atoms with E-state index in [0.717, 1.165) is 21.8 Å². The number of nitrogens with one attached hydrogen (secondary N) is 3. The van der Waals surface area contributed by atoms with E-state index in [2.05, 4.69) is 15.6 Å². The van der Waals surface area contributed by atoms with E-state index >= 15 is 0 Å². The van der Waals surface area contributed by atoms with Gasteiger partial charge in [-0.1, -0.05) is 30.3 Å². The van der Waals surface area contributed by atoms with Crippen molar-refractivity contribution in [2.75, 3.05) is 10.6 Å². The zero-order chi connectivity index (χ0) is 16.2. The Hall–Kier alpha value is -2.44. The number of aromatic nitrogens is 1. The molecule has 0 aliphatic rings. The van der Waals surface area contributed by atoms with Crippen LogP contribution in [-0.2, 0) is 0 Å². The van der Waals surface area contributed by atoms with Crippen LogP contribution in [0.4, 0.5) is 10.7 Å². The maximum atomic E-state index is 12.4. The van der Waals surface area contributed by atoms with E-state index in [4.69, 9.17) is 12.2 Å². The minimum Gasteiger partial charge on any atom is -0.327 e. The van der Waals surface area contributed by atoms with Crippen LogP contribution >= 0.6 is 23.6 Å². The Labute approximate surface area is 143 Å². The molecule has 3 aromatic rings. The summed E-state index contributed by atoms with van der Waals surface area (Å²) in [5.74, 6) is 0. The van der Waals surface area contributed by atoms with Crippen LogP contribution in [0, 0.1) is 6.92 Å². The average molecular weight is 341 g/mol. The molecule has 0 saturated heterocycles. The molecule has 1 aromatic carbocycles. The molecule has 0 radical (unpaired) electrons. The highest BCUT2D eigenvalue weighted by atomic mass is 32.1. The summed E-state index contributed by atoms with van der Waals surface area (Å²) in [6, 6.07) is 15.6. The van der Waals surface area contributed by atoms with Crippen LogP contribution in [0.25, 0.3) is 11.1 Å². The Balaban J connectivity index is 1.95. The lowest BCUT2D eigenvalue weighted by Crippen LogP contribution is -2.24. The van der Waals surface area contributed by atoms with Gasteiger partial charge in [-0.15, -0.1) is 11.3 Å². The normalized spacial score (nSPS) is 10.3. The first kappa shape index (κ1) is 15.5. The molecule has 0 bridgehead atoms. The van der Waals surface area contributed by atoms with Gasteiger partial charge in [0.25, 0.3) is 5.56 Å². The van der Waals surface area contributed by atoms with Gasteiger partial charge in [-0.3, -0.25) is 4.79 Å². The van der Waals surface area contributed by atoms with E-state index in [-0.39, 0.29) is 5.56 Å². The first-order valence-electron chi connectivity index (χ1n) is 7.04. The SMILES string of the molecule is Cc1cc(-c2ccccc2)c(NC(=S)Nc2cccs2)c(=O)[nH]1. The van der Waals surface area contributed by atoms with E-state index in [0.29, 0.717) is 10.8 Å². The van der Waals surface area contributed by atoms with Crippen LogP contribution in [0.2, 0.25) is 0 Å². The van der Waals surface area contributed by atoms with E-state index < -0.39 is 0 Å². The summed E-state index contributed by atoms with van der Waals surface area (Å²) >= 11 is 6.86. The maximum absolute atomic E-state index is 12.4. The molecular weight excluding hydrogens is 326 g/mol. The first-order valence-corrected chi connectivity index (χ1v) is 8.33. The third-order valence-corrected chi connectivity index (χ3v) is 4.24. The van der Waals surface area contributed by atoms with Crippen molar-refractivity contribution >= 4 is 39.4 Å². The largest absolute Gasteiger partial charge is 0.327 e. The van der Waals surface area contributed by atoms with Crippen LogP contribution in [-0.4, -0.2) is 10.1 Å². The quantitative estimate of drug-likeness (QED) is 0.624. The van der Waals surface area contributed by atoms with Gasteiger partial charge in [-0.05, 0) is 48.3 Å². The zero-order valence-electron chi connectivity index (χ0n) is 12.4. The van der Waals surface area contributed by atoms with Gasteiger partial charge in [0.2, 0.25) is 0 Å². The monoisotopic (exact) mass is 341 g/mol. The highest BCUT2D eigenvalue weighted by molar-refractivity contribution is 7.80. The molecule has 0 atom stereocenters. The van der Waals surface area contributed by atoms with Crippen LogP contribution in [0.3, 0.4) is 0 Å². The summed E-state index contributed by atoms with van der Waals surface area (Å²) in [6.07, 6.45) is 0. The number of hydrogen-bond acceptors (Lipinski definition) is 3. The van der Waals surface area contributed by atoms with Gasteiger partial charge in [0, 0.05) is 11.3 Å². The molecule has 0 fully saturated rings. The molecule has 0 unspecified atom stereocenters. The van der Waals surface area contributed by atoms with Crippen molar-refractivity contribution in [2.24, 2.45) is 0 Å². The predicted octanol–water partition coefficient (Wildman–Crippen LogP) is 4.22. The molecule has 2 aromatic heterocycles. The van der Waals surface area contributed by atoms with Gasteiger partial charge in [-0.2, -0.15) is 0 Å². The number of aromatic amines is 1. The van der Waals surface area contributed by atoms with Crippen molar-refractivity contribution in [2.45, 2.75) is 6.92 Å². The molecule has 3 rings (SSSR count). The number of hydrogen-bond donors (Lipinski definition) is 3. The number of benzene rings is 1. The van der Waals surface area contributed by atoms with Crippen molar-refractivity contribution in [1.82, 2.24) is 4.98 Å². The molecule has 0 amide bonds. The number of anilines is 2. The number of thiophene rings is 1. The third kappa shape index (κ3) is 3.67. The lowest BCUT2D eigenvalue weighted by atomic mass is 10.0. The fourth-order valence-corrected chi connectivity index (χ4v) is 3.16. The molecule has 0 spiro atoms. The smallest absolute Gasteiger partial charge is 0.272 e. The van der Waals surface area contributed by atoms with Gasteiger partial charge < -0.3 is 15.6 Å². The first-order chi connectivity index (χ1) is 11.1. The summed E-state index contributed by atoms with van der Waals surface area (Å²) in [4.78, 5) is 15.2. The molecule has 3 N–H and O–H groups in total. The molecule has 4 nitrogen and oxygen atoms in total.